The lowest BCUT2D eigenvalue weighted by Gasteiger charge is -2.26. The molecule has 0 atom stereocenters. The van der Waals surface area contributed by atoms with Crippen LogP contribution >= 0.6 is 0 Å². The van der Waals surface area contributed by atoms with Crippen LogP contribution in [0.3, 0.4) is 0 Å². The average Bonchev–Trinajstić information content (AvgIpc) is 2.68. The van der Waals surface area contributed by atoms with Crippen LogP contribution in [0.4, 0.5) is 14.5 Å². The number of anilines is 1. The van der Waals surface area contributed by atoms with Gasteiger partial charge in [0.15, 0.2) is 0 Å². The first-order valence-electron chi connectivity index (χ1n) is 9.24. The molecule has 0 aromatic heterocycles. The smallest absolute Gasteiger partial charge is 0.387 e. The number of ether oxygens (including phenoxy) is 1. The van der Waals surface area contributed by atoms with E-state index in [4.69, 9.17) is 0 Å². The predicted octanol–water partition coefficient (Wildman–Crippen LogP) is 4.02. The Bertz CT molecular complexity index is 990. The number of carbonyl (C=O) groups excluding carboxylic acids is 1. The van der Waals surface area contributed by atoms with Crippen LogP contribution in [0.2, 0.25) is 0 Å². The second kappa shape index (κ2) is 8.87. The third-order valence-electron chi connectivity index (χ3n) is 4.72. The van der Waals surface area contributed by atoms with Crippen molar-refractivity contribution in [3.8, 4) is 5.75 Å². The molecule has 0 unspecified atom stereocenters. The third kappa shape index (κ3) is 5.10. The Labute approximate surface area is 168 Å². The molecule has 1 aliphatic rings. The number of halogens is 2. The summed E-state index contributed by atoms with van der Waals surface area (Å²) in [4.78, 5) is 12.8. The predicted molar refractivity (Wildman–Crippen MR) is 105 cm³/mol. The summed E-state index contributed by atoms with van der Waals surface area (Å²) in [5.74, 6) is -0.622. The van der Waals surface area contributed by atoms with Crippen molar-refractivity contribution in [3.63, 3.8) is 0 Å². The van der Waals surface area contributed by atoms with E-state index in [-0.39, 0.29) is 21.9 Å². The second-order valence-electron chi connectivity index (χ2n) is 6.80. The topological polar surface area (TPSA) is 75.7 Å². The van der Waals surface area contributed by atoms with Gasteiger partial charge >= 0.3 is 6.61 Å². The number of amides is 1. The molecule has 1 amide bonds. The van der Waals surface area contributed by atoms with Gasteiger partial charge in [0.1, 0.15) is 5.75 Å². The molecule has 2 aromatic carbocycles. The maximum Gasteiger partial charge on any atom is 0.387 e. The zero-order chi connectivity index (χ0) is 21.0. The third-order valence-corrected chi connectivity index (χ3v) is 6.62. The lowest BCUT2D eigenvalue weighted by Crippen LogP contribution is -2.35. The number of carbonyl (C=O) groups is 1. The molecule has 9 heteroatoms. The number of benzene rings is 2. The molecule has 156 valence electrons. The van der Waals surface area contributed by atoms with Gasteiger partial charge in [-0.1, -0.05) is 18.6 Å². The van der Waals surface area contributed by atoms with E-state index in [9.17, 15) is 22.0 Å². The average molecular weight is 424 g/mol. The molecule has 2 aromatic rings. The monoisotopic (exact) mass is 424 g/mol. The van der Waals surface area contributed by atoms with Gasteiger partial charge in [-0.05, 0) is 49.6 Å². The van der Waals surface area contributed by atoms with E-state index in [2.05, 4.69) is 10.1 Å². The van der Waals surface area contributed by atoms with Crippen molar-refractivity contribution in [1.82, 2.24) is 4.31 Å². The summed E-state index contributed by atoms with van der Waals surface area (Å²) < 4.78 is 56.3. The van der Waals surface area contributed by atoms with Gasteiger partial charge in [-0.25, -0.2) is 8.42 Å². The van der Waals surface area contributed by atoms with Crippen molar-refractivity contribution >= 4 is 21.6 Å². The molecule has 0 spiro atoms. The number of hydrogen-bond donors (Lipinski definition) is 1. The Morgan fingerprint density at radius 1 is 1.10 bits per heavy atom. The highest BCUT2D eigenvalue weighted by molar-refractivity contribution is 7.89. The summed E-state index contributed by atoms with van der Waals surface area (Å²) in [5.41, 5.74) is 1.06. The van der Waals surface area contributed by atoms with E-state index in [1.165, 1.54) is 40.7 Å². The molecule has 3 rings (SSSR count). The summed E-state index contributed by atoms with van der Waals surface area (Å²) in [5, 5.41) is 2.60. The molecule has 0 radical (unpaired) electrons. The number of sulfonamides is 1. The van der Waals surface area contributed by atoms with E-state index in [1.807, 2.05) is 0 Å². The molecular formula is C20H22F2N2O4S. The van der Waals surface area contributed by atoms with Crippen molar-refractivity contribution in [2.45, 2.75) is 37.7 Å². The largest absolute Gasteiger partial charge is 0.435 e. The fourth-order valence-corrected chi connectivity index (χ4v) is 4.75. The lowest BCUT2D eigenvalue weighted by atomic mass is 10.1. The molecule has 0 aliphatic carbocycles. The van der Waals surface area contributed by atoms with Crippen LogP contribution in [-0.4, -0.2) is 38.3 Å². The molecule has 1 aliphatic heterocycles. The van der Waals surface area contributed by atoms with Gasteiger partial charge in [-0.3, -0.25) is 4.79 Å². The van der Waals surface area contributed by atoms with Crippen LogP contribution in [0.5, 0.6) is 5.75 Å². The van der Waals surface area contributed by atoms with Gasteiger partial charge in [0.05, 0.1) is 4.90 Å². The van der Waals surface area contributed by atoms with Gasteiger partial charge < -0.3 is 10.1 Å². The van der Waals surface area contributed by atoms with E-state index < -0.39 is 22.5 Å². The van der Waals surface area contributed by atoms with Crippen molar-refractivity contribution in [1.29, 1.82) is 0 Å². The van der Waals surface area contributed by atoms with Gasteiger partial charge in [-0.2, -0.15) is 13.1 Å². The minimum absolute atomic E-state index is 0.0601. The van der Waals surface area contributed by atoms with Crippen LogP contribution in [-0.2, 0) is 10.0 Å². The van der Waals surface area contributed by atoms with Crippen molar-refractivity contribution in [3.05, 3.63) is 53.6 Å². The van der Waals surface area contributed by atoms with Crippen LogP contribution < -0.4 is 10.1 Å². The molecule has 1 N–H and O–H groups in total. The molecular weight excluding hydrogens is 402 g/mol. The number of aryl methyl sites for hydroxylation is 1. The zero-order valence-electron chi connectivity index (χ0n) is 15.9. The second-order valence-corrected chi connectivity index (χ2v) is 8.74. The molecule has 1 fully saturated rings. The first-order chi connectivity index (χ1) is 13.8. The first kappa shape index (κ1) is 21.2. The Kier molecular flexibility index (Phi) is 6.49. The lowest BCUT2D eigenvalue weighted by molar-refractivity contribution is -0.0498. The number of alkyl halides is 2. The molecule has 0 bridgehead atoms. The van der Waals surface area contributed by atoms with Gasteiger partial charge in [0, 0.05) is 30.4 Å². The van der Waals surface area contributed by atoms with Gasteiger partial charge in [0.25, 0.3) is 5.91 Å². The highest BCUT2D eigenvalue weighted by Crippen LogP contribution is 2.24. The van der Waals surface area contributed by atoms with Crippen molar-refractivity contribution in [2.24, 2.45) is 0 Å². The fraction of sp³-hybridized carbons (Fsp3) is 0.350. The molecule has 0 saturated carbocycles. The normalized spacial score (nSPS) is 15.3. The fourth-order valence-electron chi connectivity index (χ4n) is 3.21. The van der Waals surface area contributed by atoms with E-state index in [0.717, 1.165) is 19.3 Å². The Hall–Kier alpha value is -2.52. The number of nitrogens with one attached hydrogen (secondary N) is 1. The van der Waals surface area contributed by atoms with Crippen molar-refractivity contribution < 1.29 is 26.7 Å². The number of rotatable bonds is 6. The summed E-state index contributed by atoms with van der Waals surface area (Å²) in [7, 11) is -3.68. The summed E-state index contributed by atoms with van der Waals surface area (Å²) in [6, 6.07) is 10.0. The van der Waals surface area contributed by atoms with Crippen molar-refractivity contribution in [2.75, 3.05) is 18.4 Å². The van der Waals surface area contributed by atoms with E-state index >= 15 is 0 Å². The van der Waals surface area contributed by atoms with E-state index in [1.54, 1.807) is 13.0 Å². The number of hydrogen-bond acceptors (Lipinski definition) is 4. The first-order valence-corrected chi connectivity index (χ1v) is 10.7. The maximum atomic E-state index is 12.9. The molecule has 6 nitrogen and oxygen atoms in total. The minimum atomic E-state index is -3.68. The Morgan fingerprint density at radius 2 is 1.83 bits per heavy atom. The quantitative estimate of drug-likeness (QED) is 0.760. The maximum absolute atomic E-state index is 12.9. The van der Waals surface area contributed by atoms with Crippen LogP contribution in [0.25, 0.3) is 0 Å². The number of nitrogens with zero attached hydrogens (tertiary/aromatic N) is 1. The minimum Gasteiger partial charge on any atom is -0.435 e. The highest BCUT2D eigenvalue weighted by Gasteiger charge is 2.27. The highest BCUT2D eigenvalue weighted by atomic mass is 32.2. The Morgan fingerprint density at radius 3 is 2.52 bits per heavy atom. The Balaban J connectivity index is 1.83. The summed E-state index contributed by atoms with van der Waals surface area (Å²) >= 11 is 0. The molecule has 1 heterocycles. The summed E-state index contributed by atoms with van der Waals surface area (Å²) in [6.07, 6.45) is 2.63. The molecule has 29 heavy (non-hydrogen) atoms. The standard InChI is InChI=1S/C20H22F2N2O4S/c1-14-8-9-17(29(26,27)24-10-3-2-4-11-24)13-18(14)19(25)23-15-6-5-7-16(12-15)28-20(21)22/h5-9,12-13,20H,2-4,10-11H2,1H3,(H,23,25). The zero-order valence-corrected chi connectivity index (χ0v) is 16.7. The number of piperidine rings is 1. The van der Waals surface area contributed by atoms with E-state index in [0.29, 0.717) is 18.7 Å². The van der Waals surface area contributed by atoms with Gasteiger partial charge in [-0.15, -0.1) is 0 Å². The van der Waals surface area contributed by atoms with Gasteiger partial charge in [0.2, 0.25) is 10.0 Å². The van der Waals surface area contributed by atoms with Crippen LogP contribution in [0.15, 0.2) is 47.4 Å². The summed E-state index contributed by atoms with van der Waals surface area (Å²) in [6.45, 7) is -0.342. The molecule has 1 saturated heterocycles. The SMILES string of the molecule is Cc1ccc(S(=O)(=O)N2CCCCC2)cc1C(=O)Nc1cccc(OC(F)F)c1. The van der Waals surface area contributed by atoms with Crippen LogP contribution in [0.1, 0.15) is 35.2 Å². The van der Waals surface area contributed by atoms with Crippen LogP contribution in [0, 0.1) is 6.92 Å².